The molecule has 1 aliphatic heterocycles. The zero-order chi connectivity index (χ0) is 21.2. The maximum absolute atomic E-state index is 12.4. The number of alkyl halides is 3. The lowest BCUT2D eigenvalue weighted by Crippen LogP contribution is -2.49. The lowest BCUT2D eigenvalue weighted by atomic mass is 9.96. The summed E-state index contributed by atoms with van der Waals surface area (Å²) in [5, 5.41) is 11.1. The van der Waals surface area contributed by atoms with Gasteiger partial charge in [0.1, 0.15) is 0 Å². The number of amides is 2. The Morgan fingerprint density at radius 2 is 1.66 bits per heavy atom. The van der Waals surface area contributed by atoms with E-state index >= 15 is 0 Å². The maximum atomic E-state index is 12.4. The maximum Gasteiger partial charge on any atom is 0.471 e. The van der Waals surface area contributed by atoms with Crippen molar-refractivity contribution in [3.63, 3.8) is 0 Å². The van der Waals surface area contributed by atoms with Gasteiger partial charge in [-0.2, -0.15) is 13.2 Å². The quantitative estimate of drug-likeness (QED) is 0.748. The lowest BCUT2D eigenvalue weighted by molar-refractivity contribution is -0.174. The Morgan fingerprint density at radius 3 is 2.14 bits per heavy atom. The Balaban J connectivity index is 1.67. The minimum atomic E-state index is -4.90. The van der Waals surface area contributed by atoms with E-state index in [-0.39, 0.29) is 6.04 Å². The van der Waals surface area contributed by atoms with E-state index in [0.717, 1.165) is 12.0 Å². The number of nitrogens with one attached hydrogen (secondary N) is 1. The van der Waals surface area contributed by atoms with E-state index in [0.29, 0.717) is 37.7 Å². The average molecular weight is 413 g/mol. The van der Waals surface area contributed by atoms with Gasteiger partial charge in [0, 0.05) is 32.2 Å². The molecule has 0 bridgehead atoms. The first-order valence-electron chi connectivity index (χ1n) is 9.84. The number of carboxylic acid groups (broad SMARTS) is 1. The fourth-order valence-electron chi connectivity index (χ4n) is 3.76. The van der Waals surface area contributed by atoms with Crippen molar-refractivity contribution in [2.24, 2.45) is 5.92 Å². The van der Waals surface area contributed by atoms with Crippen LogP contribution in [0.2, 0.25) is 0 Å². The van der Waals surface area contributed by atoms with Gasteiger partial charge in [-0.15, -0.1) is 0 Å². The molecule has 0 radical (unpaired) electrons. The molecule has 0 unspecified atom stereocenters. The van der Waals surface area contributed by atoms with Crippen molar-refractivity contribution in [2.45, 2.75) is 44.4 Å². The molecule has 1 heterocycles. The third-order valence-corrected chi connectivity index (χ3v) is 5.71. The van der Waals surface area contributed by atoms with Gasteiger partial charge in [0.05, 0.1) is 6.04 Å². The molecule has 2 N–H and O–H groups in total. The van der Waals surface area contributed by atoms with Crippen LogP contribution in [0.15, 0.2) is 24.3 Å². The monoisotopic (exact) mass is 413 g/mol. The number of carbonyl (C=O) groups is 2. The zero-order valence-corrected chi connectivity index (χ0v) is 16.3. The molecule has 2 fully saturated rings. The van der Waals surface area contributed by atoms with E-state index in [1.54, 1.807) is 12.1 Å². The third kappa shape index (κ3) is 5.62. The van der Waals surface area contributed by atoms with Crippen molar-refractivity contribution in [2.75, 3.05) is 26.2 Å². The largest absolute Gasteiger partial charge is 0.471 e. The second kappa shape index (κ2) is 8.61. The summed E-state index contributed by atoms with van der Waals surface area (Å²) in [7, 11) is 0. The number of halogens is 3. The van der Waals surface area contributed by atoms with Crippen LogP contribution in [0, 0.1) is 5.92 Å². The van der Waals surface area contributed by atoms with Crippen LogP contribution in [0.1, 0.15) is 49.4 Å². The predicted octanol–water partition coefficient (Wildman–Crippen LogP) is 3.56. The highest BCUT2D eigenvalue weighted by Crippen LogP contribution is 2.40. The summed E-state index contributed by atoms with van der Waals surface area (Å²) in [4.78, 5) is 26.0. The van der Waals surface area contributed by atoms with Crippen molar-refractivity contribution in [1.29, 1.82) is 0 Å². The molecule has 29 heavy (non-hydrogen) atoms. The molecule has 1 aromatic rings. The number of hydrogen-bond acceptors (Lipinski definition) is 3. The van der Waals surface area contributed by atoms with Gasteiger partial charge in [0.25, 0.3) is 0 Å². The Hall–Kier alpha value is -2.29. The summed E-state index contributed by atoms with van der Waals surface area (Å²) in [6, 6.07) is 6.73. The van der Waals surface area contributed by atoms with E-state index in [9.17, 15) is 22.8 Å². The summed E-state index contributed by atoms with van der Waals surface area (Å²) in [6.45, 7) is 3.77. The minimum absolute atomic E-state index is 0.160. The first-order valence-corrected chi connectivity index (χ1v) is 9.84. The van der Waals surface area contributed by atoms with Gasteiger partial charge in [0.15, 0.2) is 0 Å². The molecule has 1 aromatic carbocycles. The van der Waals surface area contributed by atoms with Crippen molar-refractivity contribution < 1.29 is 27.9 Å². The fourth-order valence-corrected chi connectivity index (χ4v) is 3.76. The second-order valence-electron chi connectivity index (χ2n) is 7.86. The van der Waals surface area contributed by atoms with Crippen molar-refractivity contribution in [3.8, 4) is 0 Å². The molecule has 3 rings (SSSR count). The van der Waals surface area contributed by atoms with Crippen LogP contribution < -0.4 is 5.32 Å². The van der Waals surface area contributed by atoms with Gasteiger partial charge < -0.3 is 15.3 Å². The van der Waals surface area contributed by atoms with Crippen LogP contribution in [0.3, 0.4) is 0 Å². The number of nitrogens with zero attached hydrogens (tertiary/aromatic N) is 2. The standard InChI is InChI=1S/C20H26F3N3O3/c1-13(24-18(27)20(21,22)23)15-4-6-16(7-5-15)17(12-14-2-3-14)25-8-10-26(11-9-25)19(28)29/h4-7,13-14,17H,2-3,8-12H2,1H3,(H,24,27)(H,28,29)/t13-,17-/m0/s1. The molecule has 6 nitrogen and oxygen atoms in total. The van der Waals surface area contributed by atoms with Gasteiger partial charge in [-0.1, -0.05) is 37.1 Å². The Kier molecular flexibility index (Phi) is 6.36. The third-order valence-electron chi connectivity index (χ3n) is 5.71. The molecular formula is C20H26F3N3O3. The first-order chi connectivity index (χ1) is 13.6. The summed E-state index contributed by atoms with van der Waals surface area (Å²) in [5.74, 6) is -1.28. The van der Waals surface area contributed by atoms with E-state index in [2.05, 4.69) is 4.90 Å². The van der Waals surface area contributed by atoms with Gasteiger partial charge >= 0.3 is 18.2 Å². The van der Waals surface area contributed by atoms with Gasteiger partial charge in [0.2, 0.25) is 0 Å². The first kappa shape index (κ1) is 21.4. The van der Waals surface area contributed by atoms with Crippen molar-refractivity contribution in [3.05, 3.63) is 35.4 Å². The lowest BCUT2D eigenvalue weighted by Gasteiger charge is -2.38. The molecule has 2 atom stereocenters. The molecular weight excluding hydrogens is 387 g/mol. The molecule has 1 aliphatic carbocycles. The SMILES string of the molecule is C[C@H](NC(=O)C(F)(F)F)c1ccc([C@H](CC2CC2)N2CCN(C(=O)O)CC2)cc1. The molecule has 0 aromatic heterocycles. The van der Waals surface area contributed by atoms with E-state index in [4.69, 9.17) is 5.11 Å². The summed E-state index contributed by atoms with van der Waals surface area (Å²) < 4.78 is 37.3. The minimum Gasteiger partial charge on any atom is -0.465 e. The van der Waals surface area contributed by atoms with Crippen molar-refractivity contribution in [1.82, 2.24) is 15.1 Å². The average Bonchev–Trinajstić information content (AvgIpc) is 3.50. The molecule has 2 amide bonds. The Morgan fingerprint density at radius 1 is 1.10 bits per heavy atom. The van der Waals surface area contributed by atoms with Crippen LogP contribution in [0.25, 0.3) is 0 Å². The predicted molar refractivity (Wildman–Crippen MR) is 100 cm³/mol. The van der Waals surface area contributed by atoms with E-state index < -0.39 is 24.2 Å². The van der Waals surface area contributed by atoms with Gasteiger partial charge in [-0.25, -0.2) is 4.79 Å². The fraction of sp³-hybridized carbons (Fsp3) is 0.600. The van der Waals surface area contributed by atoms with Crippen LogP contribution in [0.5, 0.6) is 0 Å². The summed E-state index contributed by atoms with van der Waals surface area (Å²) in [6.07, 6.45) is -2.41. The van der Waals surface area contributed by atoms with Crippen molar-refractivity contribution >= 4 is 12.0 Å². The summed E-state index contributed by atoms with van der Waals surface area (Å²) in [5.41, 5.74) is 1.67. The topological polar surface area (TPSA) is 72.9 Å². The Labute approximate surface area is 167 Å². The van der Waals surface area contributed by atoms with E-state index in [1.807, 2.05) is 17.4 Å². The van der Waals surface area contributed by atoms with Gasteiger partial charge in [-0.05, 0) is 30.4 Å². The number of benzene rings is 1. The molecule has 160 valence electrons. The highest BCUT2D eigenvalue weighted by atomic mass is 19.4. The van der Waals surface area contributed by atoms with Crippen LogP contribution in [-0.2, 0) is 4.79 Å². The summed E-state index contributed by atoms with van der Waals surface area (Å²) >= 11 is 0. The number of hydrogen-bond donors (Lipinski definition) is 2. The molecule has 1 saturated heterocycles. The van der Waals surface area contributed by atoms with Crippen LogP contribution >= 0.6 is 0 Å². The zero-order valence-electron chi connectivity index (χ0n) is 16.3. The normalized spacial score (nSPS) is 20.2. The van der Waals surface area contributed by atoms with Crippen LogP contribution in [-0.4, -0.2) is 59.3 Å². The second-order valence-corrected chi connectivity index (χ2v) is 7.86. The highest BCUT2D eigenvalue weighted by molar-refractivity contribution is 5.82. The Bertz CT molecular complexity index is 727. The number of rotatable bonds is 6. The highest BCUT2D eigenvalue weighted by Gasteiger charge is 2.39. The smallest absolute Gasteiger partial charge is 0.465 e. The number of carbonyl (C=O) groups excluding carboxylic acids is 1. The molecule has 2 aliphatic rings. The molecule has 9 heteroatoms. The van der Waals surface area contributed by atoms with Crippen LogP contribution in [0.4, 0.5) is 18.0 Å². The van der Waals surface area contributed by atoms with Gasteiger partial charge in [-0.3, -0.25) is 9.69 Å². The number of piperazine rings is 1. The van der Waals surface area contributed by atoms with E-state index in [1.165, 1.54) is 24.7 Å². The molecule has 0 spiro atoms. The molecule has 1 saturated carbocycles.